The number of sulfonamides is 1. The minimum Gasteiger partial charge on any atom is -0.481 e. The molecular weight excluding hydrogens is 545 g/mol. The van der Waals surface area contributed by atoms with Crippen molar-refractivity contribution in [3.05, 3.63) is 64.9 Å². The number of aromatic nitrogens is 2. The molecule has 4 rings (SSSR count). The molecule has 0 spiro atoms. The van der Waals surface area contributed by atoms with Gasteiger partial charge < -0.3 is 10.0 Å². The van der Waals surface area contributed by atoms with E-state index in [4.69, 9.17) is 11.6 Å². The molecule has 0 unspecified atom stereocenters. The highest BCUT2D eigenvalue weighted by atomic mass is 35.5. The predicted octanol–water partition coefficient (Wildman–Crippen LogP) is 5.62. The lowest BCUT2D eigenvalue weighted by Crippen LogP contribution is -2.46. The summed E-state index contributed by atoms with van der Waals surface area (Å²) in [6, 6.07) is 8.03. The maximum absolute atomic E-state index is 13.8. The molecule has 0 radical (unpaired) electrons. The Morgan fingerprint density at radius 3 is 2.58 bits per heavy atom. The van der Waals surface area contributed by atoms with E-state index in [-0.39, 0.29) is 39.2 Å². The molecule has 2 aromatic heterocycles. The summed E-state index contributed by atoms with van der Waals surface area (Å²) in [6.45, 7) is 3.88. The van der Waals surface area contributed by atoms with Crippen LogP contribution >= 0.6 is 11.6 Å². The van der Waals surface area contributed by atoms with Crippen LogP contribution in [-0.2, 0) is 21.0 Å². The Kier molecular flexibility index (Phi) is 7.32. The number of hydrogen-bond donors (Lipinski definition) is 2. The van der Waals surface area contributed by atoms with E-state index >= 15 is 0 Å². The number of carbonyl (C=O) groups is 1. The SMILES string of the molecule is Cc1ccc(Cl)cc1-c1cc(NS(=O)(=O)c2ccnc(N3CCC[C@@](C)(C(=O)O)C3)c2)ncc1C(F)(F)F. The number of alkyl halides is 3. The standard InChI is InChI=1S/C25H24ClF3N4O4S/c1-15-4-5-16(26)10-18(15)19-12-21(31-13-20(19)25(27,28)29)32-38(36,37)17-6-8-30-22(11-17)33-9-3-7-24(2,14-33)23(34)35/h4-6,8,10-13H,3,7,9,14H2,1-2H3,(H,31,32)(H,34,35)/t24-/m1/s1. The van der Waals surface area contributed by atoms with Crippen molar-refractivity contribution in [3.63, 3.8) is 0 Å². The first-order valence-corrected chi connectivity index (χ1v) is 13.4. The Morgan fingerprint density at radius 2 is 1.89 bits per heavy atom. The third kappa shape index (κ3) is 5.70. The Hall–Kier alpha value is -3.38. The van der Waals surface area contributed by atoms with E-state index in [1.807, 2.05) is 0 Å². The molecule has 0 saturated carbocycles. The summed E-state index contributed by atoms with van der Waals surface area (Å²) in [6.07, 6.45) is -1.83. The number of aliphatic carboxylic acids is 1. The summed E-state index contributed by atoms with van der Waals surface area (Å²) in [5.74, 6) is -0.996. The highest BCUT2D eigenvalue weighted by Gasteiger charge is 2.39. The fourth-order valence-corrected chi connectivity index (χ4v) is 5.57. The lowest BCUT2D eigenvalue weighted by Gasteiger charge is -2.38. The number of aryl methyl sites for hydroxylation is 1. The van der Waals surface area contributed by atoms with Crippen LogP contribution in [0.15, 0.2) is 53.7 Å². The average molecular weight is 569 g/mol. The van der Waals surface area contributed by atoms with Gasteiger partial charge in [0.2, 0.25) is 0 Å². The first-order valence-electron chi connectivity index (χ1n) is 11.5. The predicted molar refractivity (Wildman–Crippen MR) is 137 cm³/mol. The fourth-order valence-electron chi connectivity index (χ4n) is 4.39. The second kappa shape index (κ2) is 10.1. The lowest BCUT2D eigenvalue weighted by atomic mass is 9.82. The van der Waals surface area contributed by atoms with Gasteiger partial charge in [-0.1, -0.05) is 17.7 Å². The maximum atomic E-state index is 13.8. The van der Waals surface area contributed by atoms with Crippen molar-refractivity contribution < 1.29 is 31.5 Å². The van der Waals surface area contributed by atoms with Crippen LogP contribution in [-0.4, -0.2) is 42.6 Å². The topological polar surface area (TPSA) is 112 Å². The number of carboxylic acid groups (broad SMARTS) is 1. The Bertz CT molecular complexity index is 1500. The summed E-state index contributed by atoms with van der Waals surface area (Å²) >= 11 is 6.02. The molecule has 13 heteroatoms. The number of hydrogen-bond acceptors (Lipinski definition) is 6. The van der Waals surface area contributed by atoms with Crippen molar-refractivity contribution in [2.45, 2.75) is 37.8 Å². The average Bonchev–Trinajstić information content (AvgIpc) is 2.84. The highest BCUT2D eigenvalue weighted by molar-refractivity contribution is 7.92. The maximum Gasteiger partial charge on any atom is 0.418 e. The van der Waals surface area contributed by atoms with Crippen LogP contribution in [0, 0.1) is 12.3 Å². The molecule has 0 bridgehead atoms. The van der Waals surface area contributed by atoms with Crippen LogP contribution in [0.4, 0.5) is 24.8 Å². The highest BCUT2D eigenvalue weighted by Crippen LogP contribution is 2.40. The van der Waals surface area contributed by atoms with E-state index in [1.54, 1.807) is 30.9 Å². The van der Waals surface area contributed by atoms with Gasteiger partial charge in [-0.3, -0.25) is 9.52 Å². The number of nitrogens with zero attached hydrogens (tertiary/aromatic N) is 3. The first-order chi connectivity index (χ1) is 17.7. The van der Waals surface area contributed by atoms with Gasteiger partial charge in [-0.25, -0.2) is 18.4 Å². The quantitative estimate of drug-likeness (QED) is 0.397. The van der Waals surface area contributed by atoms with Gasteiger partial charge in [0.05, 0.1) is 15.9 Å². The molecule has 1 aliphatic rings. The summed E-state index contributed by atoms with van der Waals surface area (Å²) in [5, 5.41) is 9.80. The molecule has 0 aliphatic carbocycles. The molecule has 3 aromatic rings. The largest absolute Gasteiger partial charge is 0.481 e. The van der Waals surface area contributed by atoms with E-state index in [0.29, 0.717) is 31.1 Å². The van der Waals surface area contributed by atoms with Crippen LogP contribution < -0.4 is 9.62 Å². The number of rotatable bonds is 6. The number of pyridine rings is 2. The van der Waals surface area contributed by atoms with Crippen molar-refractivity contribution in [3.8, 4) is 11.1 Å². The lowest BCUT2D eigenvalue weighted by molar-refractivity contribution is -0.148. The van der Waals surface area contributed by atoms with E-state index in [9.17, 15) is 31.5 Å². The van der Waals surface area contributed by atoms with E-state index in [2.05, 4.69) is 14.7 Å². The molecular formula is C25H24ClF3N4O4S. The van der Waals surface area contributed by atoms with Crippen molar-refractivity contribution >= 4 is 39.2 Å². The van der Waals surface area contributed by atoms with Gasteiger partial charge in [-0.15, -0.1) is 0 Å². The summed E-state index contributed by atoms with van der Waals surface area (Å²) in [4.78, 5) is 21.1. The minimum atomic E-state index is -4.74. The molecule has 1 saturated heterocycles. The molecule has 8 nitrogen and oxygen atoms in total. The number of carboxylic acids is 1. The number of benzene rings is 1. The molecule has 1 atom stereocenters. The van der Waals surface area contributed by atoms with Crippen LogP contribution in [0.2, 0.25) is 5.02 Å². The molecule has 1 aromatic carbocycles. The van der Waals surface area contributed by atoms with Crippen LogP contribution in [0.25, 0.3) is 11.1 Å². The van der Waals surface area contributed by atoms with Crippen molar-refractivity contribution in [2.75, 3.05) is 22.7 Å². The Morgan fingerprint density at radius 1 is 1.16 bits per heavy atom. The summed E-state index contributed by atoms with van der Waals surface area (Å²) in [5.41, 5.74) is -1.63. The molecule has 1 aliphatic heterocycles. The zero-order valence-corrected chi connectivity index (χ0v) is 22.0. The molecule has 1 fully saturated rings. The van der Waals surface area contributed by atoms with E-state index in [0.717, 1.165) is 6.07 Å². The van der Waals surface area contributed by atoms with Gasteiger partial charge in [0.25, 0.3) is 10.0 Å². The van der Waals surface area contributed by atoms with Gasteiger partial charge >= 0.3 is 12.1 Å². The molecule has 38 heavy (non-hydrogen) atoms. The van der Waals surface area contributed by atoms with Gasteiger partial charge in [0.1, 0.15) is 11.6 Å². The third-order valence-electron chi connectivity index (χ3n) is 6.50. The second-order valence-corrected chi connectivity index (χ2v) is 11.5. The number of halogens is 4. The normalized spacial score (nSPS) is 18.3. The number of nitrogens with one attached hydrogen (secondary N) is 1. The molecule has 2 N–H and O–H groups in total. The second-order valence-electron chi connectivity index (χ2n) is 9.42. The first kappa shape index (κ1) is 27.6. The number of piperidine rings is 1. The van der Waals surface area contributed by atoms with E-state index < -0.39 is 33.1 Å². The Labute approximate surface area is 222 Å². The monoisotopic (exact) mass is 568 g/mol. The zero-order chi connectivity index (χ0) is 27.9. The van der Waals surface area contributed by atoms with Crippen LogP contribution in [0.1, 0.15) is 30.9 Å². The smallest absolute Gasteiger partial charge is 0.418 e. The summed E-state index contributed by atoms with van der Waals surface area (Å²) in [7, 11) is -4.29. The Balaban J connectivity index is 1.68. The molecule has 202 valence electrons. The molecule has 3 heterocycles. The minimum absolute atomic E-state index is 0.148. The van der Waals surface area contributed by atoms with Crippen molar-refractivity contribution in [1.82, 2.24) is 9.97 Å². The zero-order valence-electron chi connectivity index (χ0n) is 20.4. The van der Waals surface area contributed by atoms with Crippen molar-refractivity contribution in [2.24, 2.45) is 5.41 Å². The third-order valence-corrected chi connectivity index (χ3v) is 8.09. The van der Waals surface area contributed by atoms with Crippen molar-refractivity contribution in [1.29, 1.82) is 0 Å². The van der Waals surface area contributed by atoms with Gasteiger partial charge in [-0.2, -0.15) is 13.2 Å². The summed E-state index contributed by atoms with van der Waals surface area (Å²) < 4.78 is 69.9. The van der Waals surface area contributed by atoms with Gasteiger partial charge in [-0.05, 0) is 67.6 Å². The van der Waals surface area contributed by atoms with Crippen LogP contribution in [0.3, 0.4) is 0 Å². The number of anilines is 2. The van der Waals surface area contributed by atoms with E-state index in [1.165, 1.54) is 24.4 Å². The molecule has 0 amide bonds. The van der Waals surface area contributed by atoms with Gasteiger partial charge in [0.15, 0.2) is 0 Å². The fraction of sp³-hybridized carbons (Fsp3) is 0.320. The van der Waals surface area contributed by atoms with Crippen LogP contribution in [0.5, 0.6) is 0 Å². The van der Waals surface area contributed by atoms with Gasteiger partial charge in [0, 0.05) is 36.6 Å².